The Morgan fingerprint density at radius 1 is 1.45 bits per heavy atom. The summed E-state index contributed by atoms with van der Waals surface area (Å²) in [6.07, 6.45) is 3.06. The first-order chi connectivity index (χ1) is 9.58. The van der Waals surface area contributed by atoms with Crippen molar-refractivity contribution in [2.45, 2.75) is 26.7 Å². The van der Waals surface area contributed by atoms with Crippen LogP contribution in [0.3, 0.4) is 0 Å². The first-order valence-corrected chi connectivity index (χ1v) is 6.76. The van der Waals surface area contributed by atoms with Gasteiger partial charge in [-0.05, 0) is 26.7 Å². The second kappa shape index (κ2) is 4.77. The van der Waals surface area contributed by atoms with Gasteiger partial charge in [0.2, 0.25) is 5.71 Å². The third-order valence-electron chi connectivity index (χ3n) is 4.02. The molecule has 1 atom stereocenters. The lowest BCUT2D eigenvalue weighted by molar-refractivity contribution is -0.141. The zero-order chi connectivity index (χ0) is 14.3. The lowest BCUT2D eigenvalue weighted by atomic mass is 9.98. The first-order valence-electron chi connectivity index (χ1n) is 6.76. The number of fused-ring (bicyclic) bond motifs is 1. The number of aliphatic carboxylic acids is 1. The van der Waals surface area contributed by atoms with Crippen molar-refractivity contribution in [2.24, 2.45) is 5.92 Å². The van der Waals surface area contributed by atoms with Crippen molar-refractivity contribution in [1.29, 1.82) is 0 Å². The fourth-order valence-electron chi connectivity index (χ4n) is 2.77. The Morgan fingerprint density at radius 2 is 2.25 bits per heavy atom. The Morgan fingerprint density at radius 3 is 3.00 bits per heavy atom. The molecule has 3 rings (SSSR count). The van der Waals surface area contributed by atoms with Gasteiger partial charge in [-0.1, -0.05) is 0 Å². The number of carboxylic acids is 1. The number of furan rings is 1. The molecule has 6 heteroatoms. The van der Waals surface area contributed by atoms with Gasteiger partial charge in [0.15, 0.2) is 0 Å². The van der Waals surface area contributed by atoms with E-state index in [0.717, 1.165) is 41.9 Å². The zero-order valence-electron chi connectivity index (χ0n) is 11.6. The van der Waals surface area contributed by atoms with Crippen LogP contribution in [0.15, 0.2) is 10.7 Å². The summed E-state index contributed by atoms with van der Waals surface area (Å²) in [5, 5.41) is 10.1. The van der Waals surface area contributed by atoms with E-state index in [1.54, 1.807) is 0 Å². The first kappa shape index (κ1) is 12.9. The highest BCUT2D eigenvalue weighted by Gasteiger charge is 2.28. The Balaban J connectivity index is 2.03. The van der Waals surface area contributed by atoms with Gasteiger partial charge in [0.05, 0.1) is 11.3 Å². The number of anilines is 1. The smallest absolute Gasteiger partial charge is 0.308 e. The molecule has 0 spiro atoms. The van der Waals surface area contributed by atoms with Crippen molar-refractivity contribution in [2.75, 3.05) is 18.0 Å². The van der Waals surface area contributed by atoms with Crippen LogP contribution in [0.25, 0.3) is 11.1 Å². The molecule has 1 saturated heterocycles. The molecular weight excluding hydrogens is 258 g/mol. The van der Waals surface area contributed by atoms with Crippen LogP contribution >= 0.6 is 0 Å². The number of aryl methyl sites for hydroxylation is 2. The zero-order valence-corrected chi connectivity index (χ0v) is 11.6. The van der Waals surface area contributed by atoms with Crippen LogP contribution in [0, 0.1) is 19.8 Å². The molecule has 1 aliphatic rings. The van der Waals surface area contributed by atoms with E-state index in [4.69, 9.17) is 4.42 Å². The van der Waals surface area contributed by atoms with Gasteiger partial charge in [0, 0.05) is 18.7 Å². The predicted octanol–water partition coefficient (Wildman–Crippen LogP) is 2.14. The molecule has 0 aromatic carbocycles. The molecule has 1 aliphatic heterocycles. The molecule has 20 heavy (non-hydrogen) atoms. The molecule has 0 radical (unpaired) electrons. The Bertz CT molecular complexity index is 665. The van der Waals surface area contributed by atoms with E-state index in [-0.39, 0.29) is 5.92 Å². The van der Waals surface area contributed by atoms with E-state index in [9.17, 15) is 9.90 Å². The van der Waals surface area contributed by atoms with Gasteiger partial charge < -0.3 is 14.4 Å². The molecule has 106 valence electrons. The van der Waals surface area contributed by atoms with Gasteiger partial charge in [-0.2, -0.15) is 0 Å². The maximum Gasteiger partial charge on any atom is 0.308 e. The minimum Gasteiger partial charge on any atom is -0.481 e. The lowest BCUT2D eigenvalue weighted by Crippen LogP contribution is -2.39. The molecule has 3 heterocycles. The van der Waals surface area contributed by atoms with Crippen LogP contribution in [0.4, 0.5) is 5.82 Å². The van der Waals surface area contributed by atoms with E-state index >= 15 is 0 Å². The number of rotatable bonds is 2. The number of carbonyl (C=O) groups is 1. The second-order valence-electron chi connectivity index (χ2n) is 5.28. The lowest BCUT2D eigenvalue weighted by Gasteiger charge is -2.31. The van der Waals surface area contributed by atoms with Crippen LogP contribution in [0.2, 0.25) is 0 Å². The van der Waals surface area contributed by atoms with Crippen LogP contribution in [0.1, 0.15) is 24.2 Å². The quantitative estimate of drug-likeness (QED) is 0.904. The summed E-state index contributed by atoms with van der Waals surface area (Å²) in [6, 6.07) is 0. The summed E-state index contributed by atoms with van der Waals surface area (Å²) >= 11 is 0. The number of piperidine rings is 1. The summed E-state index contributed by atoms with van der Waals surface area (Å²) < 4.78 is 5.61. The van der Waals surface area contributed by atoms with E-state index in [0.29, 0.717) is 12.3 Å². The van der Waals surface area contributed by atoms with Gasteiger partial charge in [-0.25, -0.2) is 9.97 Å². The minimum absolute atomic E-state index is 0.331. The average Bonchev–Trinajstić information content (AvgIpc) is 2.74. The van der Waals surface area contributed by atoms with Crippen molar-refractivity contribution in [3.63, 3.8) is 0 Å². The summed E-state index contributed by atoms with van der Waals surface area (Å²) in [5.41, 5.74) is 1.59. The predicted molar refractivity (Wildman–Crippen MR) is 73.9 cm³/mol. The Hall–Kier alpha value is -2.11. The number of hydrogen-bond donors (Lipinski definition) is 1. The number of aromatic nitrogens is 2. The molecule has 1 N–H and O–H groups in total. The second-order valence-corrected chi connectivity index (χ2v) is 5.28. The maximum atomic E-state index is 11.2. The average molecular weight is 275 g/mol. The van der Waals surface area contributed by atoms with Gasteiger partial charge >= 0.3 is 5.97 Å². The Labute approximate surface area is 116 Å². The van der Waals surface area contributed by atoms with Gasteiger partial charge in [-0.3, -0.25) is 4.79 Å². The standard InChI is InChI=1S/C14H17N3O3/c1-8-9(2)20-13-11(8)12(15-7-16-13)17-5-3-4-10(6-17)14(18)19/h7,10H,3-6H2,1-2H3,(H,18,19)/t10-/m1/s1. The fourth-order valence-corrected chi connectivity index (χ4v) is 2.77. The number of hydrogen-bond acceptors (Lipinski definition) is 5. The highest BCUT2D eigenvalue weighted by atomic mass is 16.4. The van der Waals surface area contributed by atoms with Crippen molar-refractivity contribution in [1.82, 2.24) is 9.97 Å². The largest absolute Gasteiger partial charge is 0.481 e. The van der Waals surface area contributed by atoms with Gasteiger partial charge in [0.1, 0.15) is 17.9 Å². The summed E-state index contributed by atoms with van der Waals surface area (Å²) in [5.74, 6) is 0.547. The van der Waals surface area contributed by atoms with Gasteiger partial charge in [0.25, 0.3) is 0 Å². The fraction of sp³-hybridized carbons (Fsp3) is 0.500. The molecule has 0 amide bonds. The number of carboxylic acid groups (broad SMARTS) is 1. The minimum atomic E-state index is -0.736. The van der Waals surface area contributed by atoms with Gasteiger partial charge in [-0.15, -0.1) is 0 Å². The molecule has 2 aromatic heterocycles. The van der Waals surface area contributed by atoms with Crippen molar-refractivity contribution in [3.8, 4) is 0 Å². The summed E-state index contributed by atoms with van der Waals surface area (Å²) in [4.78, 5) is 21.7. The highest BCUT2D eigenvalue weighted by Crippen LogP contribution is 2.32. The molecular formula is C14H17N3O3. The van der Waals surface area contributed by atoms with Crippen LogP contribution in [-0.4, -0.2) is 34.1 Å². The monoisotopic (exact) mass is 275 g/mol. The van der Waals surface area contributed by atoms with Crippen molar-refractivity contribution >= 4 is 22.9 Å². The Kier molecular flexibility index (Phi) is 3.08. The third kappa shape index (κ3) is 2.01. The molecule has 1 fully saturated rings. The van der Waals surface area contributed by atoms with E-state index < -0.39 is 5.97 Å². The molecule has 0 bridgehead atoms. The molecule has 6 nitrogen and oxygen atoms in total. The summed E-state index contributed by atoms with van der Waals surface area (Å²) in [7, 11) is 0. The normalized spacial score (nSPS) is 19.5. The number of nitrogens with zero attached hydrogens (tertiary/aromatic N) is 3. The molecule has 2 aromatic rings. The third-order valence-corrected chi connectivity index (χ3v) is 4.02. The maximum absolute atomic E-state index is 11.2. The highest BCUT2D eigenvalue weighted by molar-refractivity contribution is 5.90. The van der Waals surface area contributed by atoms with E-state index in [1.807, 2.05) is 18.7 Å². The van der Waals surface area contributed by atoms with Crippen molar-refractivity contribution in [3.05, 3.63) is 17.7 Å². The van der Waals surface area contributed by atoms with Crippen LogP contribution in [-0.2, 0) is 4.79 Å². The SMILES string of the molecule is Cc1oc2ncnc(N3CCC[C@@H](C(=O)O)C3)c2c1C. The van der Waals surface area contributed by atoms with Crippen LogP contribution in [0.5, 0.6) is 0 Å². The topological polar surface area (TPSA) is 79.5 Å². The van der Waals surface area contributed by atoms with Crippen molar-refractivity contribution < 1.29 is 14.3 Å². The molecule has 0 unspecified atom stereocenters. The summed E-state index contributed by atoms with van der Waals surface area (Å²) in [6.45, 7) is 5.19. The molecule has 0 aliphatic carbocycles. The van der Waals surface area contributed by atoms with E-state index in [1.165, 1.54) is 6.33 Å². The molecule has 0 saturated carbocycles. The van der Waals surface area contributed by atoms with E-state index in [2.05, 4.69) is 9.97 Å². The van der Waals surface area contributed by atoms with Crippen LogP contribution < -0.4 is 4.90 Å².